The lowest BCUT2D eigenvalue weighted by molar-refractivity contribution is -0.153. The van der Waals surface area contributed by atoms with Crippen molar-refractivity contribution in [1.29, 1.82) is 0 Å². The molecular weight excluding hydrogens is 225 g/mol. The molecule has 0 fully saturated rings. The van der Waals surface area contributed by atoms with Gasteiger partial charge in [-0.3, -0.25) is 0 Å². The monoisotopic (exact) mass is 234 g/mol. The van der Waals surface area contributed by atoms with Crippen LogP contribution in [-0.4, -0.2) is 23.9 Å². The van der Waals surface area contributed by atoms with Gasteiger partial charge >= 0.3 is 12.1 Å². The van der Waals surface area contributed by atoms with Crippen molar-refractivity contribution in [2.75, 3.05) is 6.61 Å². The first-order chi connectivity index (χ1) is 7.29. The van der Waals surface area contributed by atoms with Gasteiger partial charge in [-0.05, 0) is 24.6 Å². The van der Waals surface area contributed by atoms with Gasteiger partial charge in [-0.15, -0.1) is 0 Å². The van der Waals surface area contributed by atoms with Crippen LogP contribution in [0.4, 0.5) is 13.2 Å². The molecule has 0 saturated heterocycles. The summed E-state index contributed by atoms with van der Waals surface area (Å²) in [5.74, 6) is -1.28. The largest absolute Gasteiger partial charge is 0.484 e. The molecule has 0 amide bonds. The maximum atomic E-state index is 11.9. The van der Waals surface area contributed by atoms with E-state index in [0.29, 0.717) is 5.56 Å². The first-order valence-corrected chi connectivity index (χ1v) is 4.33. The van der Waals surface area contributed by atoms with Gasteiger partial charge in [0, 0.05) is 0 Å². The summed E-state index contributed by atoms with van der Waals surface area (Å²) in [6.45, 7) is 0.105. The van der Waals surface area contributed by atoms with Crippen LogP contribution in [0.2, 0.25) is 0 Å². The second-order valence-electron chi connectivity index (χ2n) is 3.19. The lowest BCUT2D eigenvalue weighted by Crippen LogP contribution is -2.19. The molecule has 0 saturated carbocycles. The van der Waals surface area contributed by atoms with Crippen LogP contribution >= 0.6 is 0 Å². The van der Waals surface area contributed by atoms with E-state index in [2.05, 4.69) is 4.74 Å². The Bertz CT molecular complexity index is 399. The molecule has 0 bridgehead atoms. The fraction of sp³-hybridized carbons (Fsp3) is 0.300. The fourth-order valence-electron chi connectivity index (χ4n) is 1.05. The molecule has 0 radical (unpaired) electrons. The van der Waals surface area contributed by atoms with Gasteiger partial charge in [0.25, 0.3) is 0 Å². The molecule has 1 aromatic carbocycles. The van der Waals surface area contributed by atoms with E-state index in [0.717, 1.165) is 6.07 Å². The summed E-state index contributed by atoms with van der Waals surface area (Å²) >= 11 is 0. The van der Waals surface area contributed by atoms with E-state index in [-0.39, 0.29) is 11.3 Å². The Morgan fingerprint density at radius 3 is 2.56 bits per heavy atom. The zero-order chi connectivity index (χ0) is 12.3. The van der Waals surface area contributed by atoms with Gasteiger partial charge in [-0.25, -0.2) is 4.79 Å². The van der Waals surface area contributed by atoms with Gasteiger partial charge in [0.05, 0.1) is 5.56 Å². The van der Waals surface area contributed by atoms with Crippen LogP contribution in [0.1, 0.15) is 15.9 Å². The number of benzene rings is 1. The minimum atomic E-state index is -4.44. The first-order valence-electron chi connectivity index (χ1n) is 4.33. The van der Waals surface area contributed by atoms with Crippen molar-refractivity contribution in [3.05, 3.63) is 29.3 Å². The molecule has 1 N–H and O–H groups in total. The van der Waals surface area contributed by atoms with Crippen LogP contribution in [0.3, 0.4) is 0 Å². The van der Waals surface area contributed by atoms with E-state index in [4.69, 9.17) is 5.11 Å². The number of alkyl halides is 3. The fourth-order valence-corrected chi connectivity index (χ4v) is 1.05. The summed E-state index contributed by atoms with van der Waals surface area (Å²) in [4.78, 5) is 10.6. The average molecular weight is 234 g/mol. The number of halogens is 3. The molecule has 0 aromatic heterocycles. The maximum Gasteiger partial charge on any atom is 0.422 e. The van der Waals surface area contributed by atoms with Gasteiger partial charge in [0.15, 0.2) is 6.61 Å². The summed E-state index contributed by atoms with van der Waals surface area (Å²) in [5.41, 5.74) is 0.344. The Morgan fingerprint density at radius 1 is 1.44 bits per heavy atom. The maximum absolute atomic E-state index is 11.9. The van der Waals surface area contributed by atoms with Crippen molar-refractivity contribution in [3.8, 4) is 5.75 Å². The van der Waals surface area contributed by atoms with Crippen LogP contribution in [0, 0.1) is 6.92 Å². The Morgan fingerprint density at radius 2 is 2.06 bits per heavy atom. The van der Waals surface area contributed by atoms with Crippen molar-refractivity contribution in [3.63, 3.8) is 0 Å². The van der Waals surface area contributed by atoms with Gasteiger partial charge in [0.1, 0.15) is 5.75 Å². The molecule has 0 unspecified atom stereocenters. The molecule has 3 nitrogen and oxygen atoms in total. The summed E-state index contributed by atoms with van der Waals surface area (Å²) in [6.07, 6.45) is -4.44. The van der Waals surface area contributed by atoms with E-state index in [1.807, 2.05) is 0 Å². The zero-order valence-corrected chi connectivity index (χ0v) is 8.34. The van der Waals surface area contributed by atoms with E-state index in [9.17, 15) is 18.0 Å². The second-order valence-corrected chi connectivity index (χ2v) is 3.19. The summed E-state index contributed by atoms with van der Waals surface area (Å²) in [7, 11) is 0. The minimum Gasteiger partial charge on any atom is -0.484 e. The molecule has 0 aliphatic heterocycles. The van der Waals surface area contributed by atoms with Gasteiger partial charge < -0.3 is 9.84 Å². The van der Waals surface area contributed by atoms with Crippen LogP contribution < -0.4 is 4.74 Å². The normalized spacial score (nSPS) is 11.2. The van der Waals surface area contributed by atoms with Crippen molar-refractivity contribution < 1.29 is 27.8 Å². The quantitative estimate of drug-likeness (QED) is 0.874. The minimum absolute atomic E-state index is 0.0720. The molecule has 0 aliphatic carbocycles. The highest BCUT2D eigenvalue weighted by atomic mass is 19.4. The Kier molecular flexibility index (Phi) is 3.41. The van der Waals surface area contributed by atoms with E-state index >= 15 is 0 Å². The van der Waals surface area contributed by atoms with E-state index in [1.165, 1.54) is 19.1 Å². The Balaban J connectivity index is 2.86. The molecule has 88 valence electrons. The zero-order valence-electron chi connectivity index (χ0n) is 8.34. The third-order valence-corrected chi connectivity index (χ3v) is 1.83. The van der Waals surface area contributed by atoms with Crippen molar-refractivity contribution in [1.82, 2.24) is 0 Å². The van der Waals surface area contributed by atoms with E-state index in [1.54, 1.807) is 0 Å². The Hall–Kier alpha value is -1.72. The molecule has 1 rings (SSSR count). The number of carbonyl (C=O) groups is 1. The predicted molar refractivity (Wildman–Crippen MR) is 49.7 cm³/mol. The highest BCUT2D eigenvalue weighted by molar-refractivity contribution is 5.88. The lowest BCUT2D eigenvalue weighted by atomic mass is 10.1. The standard InChI is InChI=1S/C10H9F3O3/c1-6-2-3-7(9(14)15)4-8(6)16-5-10(11,12)13/h2-4H,5H2,1H3,(H,14,15). The highest BCUT2D eigenvalue weighted by Gasteiger charge is 2.28. The molecule has 0 aliphatic rings. The smallest absolute Gasteiger partial charge is 0.422 e. The molecule has 0 atom stereocenters. The van der Waals surface area contributed by atoms with Crippen LogP contribution in [-0.2, 0) is 0 Å². The number of aryl methyl sites for hydroxylation is 1. The number of hydrogen-bond donors (Lipinski definition) is 1. The van der Waals surface area contributed by atoms with Crippen molar-refractivity contribution >= 4 is 5.97 Å². The molecule has 0 heterocycles. The second kappa shape index (κ2) is 4.42. The number of hydrogen-bond acceptors (Lipinski definition) is 2. The van der Waals surface area contributed by atoms with Crippen LogP contribution in [0.5, 0.6) is 5.75 Å². The average Bonchev–Trinajstić information content (AvgIpc) is 2.14. The van der Waals surface area contributed by atoms with Gasteiger partial charge in [-0.1, -0.05) is 6.07 Å². The van der Waals surface area contributed by atoms with Crippen molar-refractivity contribution in [2.45, 2.75) is 13.1 Å². The van der Waals surface area contributed by atoms with Crippen LogP contribution in [0.25, 0.3) is 0 Å². The number of carboxylic acids is 1. The topological polar surface area (TPSA) is 46.5 Å². The van der Waals surface area contributed by atoms with Crippen molar-refractivity contribution in [2.24, 2.45) is 0 Å². The molecule has 0 spiro atoms. The number of aromatic carboxylic acids is 1. The molecule has 6 heteroatoms. The lowest BCUT2D eigenvalue weighted by Gasteiger charge is -2.11. The highest BCUT2D eigenvalue weighted by Crippen LogP contribution is 2.23. The third-order valence-electron chi connectivity index (χ3n) is 1.83. The van der Waals surface area contributed by atoms with Gasteiger partial charge in [0.2, 0.25) is 0 Å². The predicted octanol–water partition coefficient (Wildman–Crippen LogP) is 2.63. The van der Waals surface area contributed by atoms with E-state index < -0.39 is 18.8 Å². The summed E-state index contributed by atoms with van der Waals surface area (Å²) < 4.78 is 40.2. The van der Waals surface area contributed by atoms with Gasteiger partial charge in [-0.2, -0.15) is 13.2 Å². The SMILES string of the molecule is Cc1ccc(C(=O)O)cc1OCC(F)(F)F. The summed E-state index contributed by atoms with van der Waals surface area (Å²) in [5, 5.41) is 8.65. The first kappa shape index (κ1) is 12.4. The third kappa shape index (κ3) is 3.45. The number of carboxylic acid groups (broad SMARTS) is 1. The molecular formula is C10H9F3O3. The number of ether oxygens (including phenoxy) is 1. The number of rotatable bonds is 3. The summed E-state index contributed by atoms with van der Waals surface area (Å²) in [6, 6.07) is 3.77. The molecule has 1 aromatic rings. The Labute approximate surface area is 89.5 Å². The van der Waals surface area contributed by atoms with Crippen LogP contribution in [0.15, 0.2) is 18.2 Å². The molecule has 16 heavy (non-hydrogen) atoms.